The summed E-state index contributed by atoms with van der Waals surface area (Å²) < 4.78 is 13.6. The van der Waals surface area contributed by atoms with E-state index in [1.165, 1.54) is 0 Å². The molecule has 0 aromatic heterocycles. The van der Waals surface area contributed by atoms with Gasteiger partial charge in [0.2, 0.25) is 0 Å². The number of hydrogen-bond acceptors (Lipinski definition) is 9. The Morgan fingerprint density at radius 2 is 1.81 bits per heavy atom. The summed E-state index contributed by atoms with van der Waals surface area (Å²) in [6.07, 6.45) is -6.12. The van der Waals surface area contributed by atoms with Crippen LogP contribution in [-0.2, 0) is 13.9 Å². The molecule has 0 amide bonds. The van der Waals surface area contributed by atoms with Crippen LogP contribution in [0.3, 0.4) is 0 Å². The van der Waals surface area contributed by atoms with Crippen LogP contribution in [0.5, 0.6) is 0 Å². The van der Waals surface area contributed by atoms with Gasteiger partial charge < -0.3 is 39.3 Å². The highest BCUT2D eigenvalue weighted by Crippen LogP contribution is 2.24. The molecule has 96 valence electrons. The second kappa shape index (κ2) is 6.38. The first-order chi connectivity index (χ1) is 7.19. The Hall–Kier alpha value is -0.380. The Balaban J connectivity index is 4.23. The number of rotatable bonds is 7. The molecular weight excluding hydrogens is 247 g/mol. The zero-order valence-corrected chi connectivity index (χ0v) is 8.82. The third-order valence-electron chi connectivity index (χ3n) is 1.61. The number of aliphatic hydroxyl groups excluding tert-OH is 4. The molecule has 0 aromatic rings. The molecule has 0 spiro atoms. The van der Waals surface area contributed by atoms with Gasteiger partial charge in [-0.1, -0.05) is 0 Å². The van der Waals surface area contributed by atoms with Gasteiger partial charge in [0, 0.05) is 0 Å². The topological polar surface area (TPSA) is 170 Å². The van der Waals surface area contributed by atoms with E-state index in [0.717, 1.165) is 0 Å². The summed E-state index contributed by atoms with van der Waals surface area (Å²) in [5, 5.41) is 35.4. The van der Waals surface area contributed by atoms with Crippen LogP contribution in [0.25, 0.3) is 0 Å². The van der Waals surface area contributed by atoms with E-state index in [-0.39, 0.29) is 0 Å². The van der Waals surface area contributed by atoms with E-state index in [1.807, 2.05) is 0 Å². The van der Waals surface area contributed by atoms with Gasteiger partial charge in [-0.25, -0.2) is 0 Å². The van der Waals surface area contributed by atoms with Crippen molar-refractivity contribution in [3.8, 4) is 0 Å². The maximum Gasteiger partial charge on any atom is 0.189 e. The SMILES string of the molecule is O=C(CO)[C@@H](O)[C@@H](O)[C@@H](O)COP(=O)([O-])[O-]. The molecule has 10 heteroatoms. The van der Waals surface area contributed by atoms with Gasteiger partial charge in [0.15, 0.2) is 5.78 Å². The molecule has 0 saturated heterocycles. The summed E-state index contributed by atoms with van der Waals surface area (Å²) in [6.45, 7) is -2.16. The van der Waals surface area contributed by atoms with E-state index >= 15 is 0 Å². The summed E-state index contributed by atoms with van der Waals surface area (Å²) in [5.41, 5.74) is 0. The van der Waals surface area contributed by atoms with E-state index in [2.05, 4.69) is 4.52 Å². The van der Waals surface area contributed by atoms with Crippen LogP contribution in [-0.4, -0.2) is 57.7 Å². The zero-order chi connectivity index (χ0) is 12.9. The average molecular weight is 258 g/mol. The fraction of sp³-hybridized carbons (Fsp3) is 0.833. The lowest BCUT2D eigenvalue weighted by Crippen LogP contribution is -2.45. The third-order valence-corrected chi connectivity index (χ3v) is 2.07. The Morgan fingerprint density at radius 3 is 2.19 bits per heavy atom. The number of carbonyl (C=O) groups is 1. The third kappa shape index (κ3) is 5.64. The van der Waals surface area contributed by atoms with Crippen molar-refractivity contribution in [2.45, 2.75) is 18.3 Å². The minimum atomic E-state index is -5.31. The molecule has 0 fully saturated rings. The molecule has 3 atom stereocenters. The molecule has 0 unspecified atom stereocenters. The van der Waals surface area contributed by atoms with E-state index in [4.69, 9.17) is 20.4 Å². The molecule has 9 nitrogen and oxygen atoms in total. The fourth-order valence-corrected chi connectivity index (χ4v) is 1.10. The number of Topliss-reactive ketones (excluding diaryl/α,β-unsaturated/α-hetero) is 1. The summed E-state index contributed by atoms with van der Waals surface area (Å²) in [7, 11) is -5.31. The first-order valence-electron chi connectivity index (χ1n) is 4.03. The molecule has 0 radical (unpaired) electrons. The second-order valence-electron chi connectivity index (χ2n) is 2.87. The molecule has 4 N–H and O–H groups in total. The molecule has 0 bridgehead atoms. The lowest BCUT2D eigenvalue weighted by atomic mass is 10.1. The molecular formula is C6H11O9P-2. The Kier molecular flexibility index (Phi) is 6.23. The summed E-state index contributed by atoms with van der Waals surface area (Å²) in [6, 6.07) is 0. The summed E-state index contributed by atoms with van der Waals surface area (Å²) >= 11 is 0. The fourth-order valence-electron chi connectivity index (χ4n) is 0.761. The normalized spacial score (nSPS) is 17.9. The number of aliphatic hydroxyl groups is 4. The van der Waals surface area contributed by atoms with Crippen LogP contribution in [0.4, 0.5) is 0 Å². The van der Waals surface area contributed by atoms with Gasteiger partial charge >= 0.3 is 0 Å². The minimum Gasteiger partial charge on any atom is -0.790 e. The summed E-state index contributed by atoms with van der Waals surface area (Å²) in [5.74, 6) is -1.17. The van der Waals surface area contributed by atoms with Crippen molar-refractivity contribution in [1.82, 2.24) is 0 Å². The molecule has 0 rings (SSSR count). The Morgan fingerprint density at radius 1 is 1.31 bits per heavy atom. The Bertz CT molecular complexity index is 273. The van der Waals surface area contributed by atoms with Crippen LogP contribution >= 0.6 is 7.82 Å². The van der Waals surface area contributed by atoms with Crippen molar-refractivity contribution in [3.63, 3.8) is 0 Å². The molecule has 0 saturated carbocycles. The maximum atomic E-state index is 10.7. The predicted molar refractivity (Wildman–Crippen MR) is 43.7 cm³/mol. The maximum absolute atomic E-state index is 10.7. The first kappa shape index (κ1) is 15.6. The highest BCUT2D eigenvalue weighted by atomic mass is 31.2. The van der Waals surface area contributed by atoms with Gasteiger partial charge in [0.25, 0.3) is 0 Å². The smallest absolute Gasteiger partial charge is 0.189 e. The highest BCUT2D eigenvalue weighted by Gasteiger charge is 2.29. The minimum absolute atomic E-state index is 1.06. The number of phosphoric ester groups is 1. The molecule has 16 heavy (non-hydrogen) atoms. The van der Waals surface area contributed by atoms with Gasteiger partial charge in [0.05, 0.1) is 14.4 Å². The molecule has 0 aliphatic rings. The zero-order valence-electron chi connectivity index (χ0n) is 7.92. The Labute approximate surface area is 90.2 Å². The number of phosphoric acid groups is 1. The lowest BCUT2D eigenvalue weighted by Gasteiger charge is -2.31. The molecule has 0 aliphatic heterocycles. The standard InChI is InChI=1S/C6H13O9P/c7-1-3(8)5(10)6(11)4(9)2-15-16(12,13)14/h4-7,9-11H,1-2H2,(H2,12,13,14)/p-2/t4-,5+,6-/m0/s1. The van der Waals surface area contributed by atoms with Crippen molar-refractivity contribution >= 4 is 13.6 Å². The second-order valence-corrected chi connectivity index (χ2v) is 4.02. The molecule has 0 aliphatic carbocycles. The van der Waals surface area contributed by atoms with E-state index in [0.29, 0.717) is 0 Å². The largest absolute Gasteiger partial charge is 0.790 e. The van der Waals surface area contributed by atoms with Crippen LogP contribution in [0, 0.1) is 0 Å². The van der Waals surface area contributed by atoms with Crippen molar-refractivity contribution in [2.75, 3.05) is 13.2 Å². The van der Waals surface area contributed by atoms with E-state index < -0.39 is 45.1 Å². The van der Waals surface area contributed by atoms with Gasteiger partial charge in [-0.3, -0.25) is 4.79 Å². The van der Waals surface area contributed by atoms with Gasteiger partial charge in [-0.15, -0.1) is 0 Å². The van der Waals surface area contributed by atoms with Gasteiger partial charge in [-0.2, -0.15) is 0 Å². The van der Waals surface area contributed by atoms with Crippen molar-refractivity contribution in [1.29, 1.82) is 0 Å². The number of hydrogen-bond donors (Lipinski definition) is 4. The van der Waals surface area contributed by atoms with Crippen LogP contribution in [0.15, 0.2) is 0 Å². The molecule has 0 aromatic carbocycles. The first-order valence-corrected chi connectivity index (χ1v) is 5.49. The van der Waals surface area contributed by atoms with Crippen molar-refractivity contribution in [3.05, 3.63) is 0 Å². The van der Waals surface area contributed by atoms with E-state index in [1.54, 1.807) is 0 Å². The average Bonchev–Trinajstić information content (AvgIpc) is 2.21. The van der Waals surface area contributed by atoms with Gasteiger partial charge in [0.1, 0.15) is 24.9 Å². The lowest BCUT2D eigenvalue weighted by molar-refractivity contribution is -0.343. The van der Waals surface area contributed by atoms with Crippen molar-refractivity contribution in [2.24, 2.45) is 0 Å². The summed E-state index contributed by atoms with van der Waals surface area (Å²) in [4.78, 5) is 30.7. The van der Waals surface area contributed by atoms with Crippen LogP contribution in [0.1, 0.15) is 0 Å². The van der Waals surface area contributed by atoms with E-state index in [9.17, 15) is 19.1 Å². The quantitative estimate of drug-likeness (QED) is 0.328. The van der Waals surface area contributed by atoms with Crippen LogP contribution < -0.4 is 9.79 Å². The number of ketones is 1. The van der Waals surface area contributed by atoms with Crippen molar-refractivity contribution < 1.29 is 44.1 Å². The predicted octanol–water partition coefficient (Wildman–Crippen LogP) is -4.52. The highest BCUT2D eigenvalue weighted by molar-refractivity contribution is 7.43. The molecule has 0 heterocycles. The number of carbonyl (C=O) groups excluding carboxylic acids is 1. The van der Waals surface area contributed by atoms with Crippen LogP contribution in [0.2, 0.25) is 0 Å². The monoisotopic (exact) mass is 258 g/mol. The van der Waals surface area contributed by atoms with Gasteiger partial charge in [-0.05, 0) is 0 Å².